The van der Waals surface area contributed by atoms with Crippen LogP contribution in [0.1, 0.15) is 24.5 Å². The molecule has 0 aromatic heterocycles. The standard InChI is InChI=1S/C16H21NO3/c1-12(18)7-9-17(2)16(19)6-4-13-3-5-15-14(11-13)8-10-20-15/h3-6,11-12,18H,7-10H2,1-2H3/b6-4+. The molecule has 0 radical (unpaired) electrons. The van der Waals surface area contributed by atoms with Crippen LogP contribution in [0.4, 0.5) is 0 Å². The third-order valence-electron chi connectivity index (χ3n) is 3.39. The summed E-state index contributed by atoms with van der Waals surface area (Å²) in [5.41, 5.74) is 2.20. The number of aliphatic hydroxyl groups excluding tert-OH is 1. The molecular formula is C16H21NO3. The molecule has 108 valence electrons. The van der Waals surface area contributed by atoms with Crippen LogP contribution in [0.3, 0.4) is 0 Å². The van der Waals surface area contributed by atoms with Gasteiger partial charge in [0.25, 0.3) is 0 Å². The number of nitrogens with zero attached hydrogens (tertiary/aromatic N) is 1. The van der Waals surface area contributed by atoms with Crippen molar-refractivity contribution in [2.75, 3.05) is 20.2 Å². The van der Waals surface area contributed by atoms with Crippen molar-refractivity contribution in [3.63, 3.8) is 0 Å². The topological polar surface area (TPSA) is 49.8 Å². The highest BCUT2D eigenvalue weighted by atomic mass is 16.5. The van der Waals surface area contributed by atoms with Crippen LogP contribution in [0, 0.1) is 0 Å². The quantitative estimate of drug-likeness (QED) is 0.835. The highest BCUT2D eigenvalue weighted by molar-refractivity contribution is 5.91. The van der Waals surface area contributed by atoms with E-state index in [1.165, 1.54) is 5.56 Å². The molecule has 1 amide bonds. The van der Waals surface area contributed by atoms with Gasteiger partial charge >= 0.3 is 0 Å². The Morgan fingerprint density at radius 3 is 3.10 bits per heavy atom. The SMILES string of the molecule is CC(O)CCN(C)C(=O)/C=C/c1ccc2c(c1)CCO2. The fraction of sp³-hybridized carbons (Fsp3) is 0.438. The number of hydrogen-bond acceptors (Lipinski definition) is 3. The number of hydrogen-bond donors (Lipinski definition) is 1. The summed E-state index contributed by atoms with van der Waals surface area (Å²) in [6.45, 7) is 3.02. The molecule has 0 saturated carbocycles. The molecule has 1 aromatic rings. The van der Waals surface area contributed by atoms with Crippen LogP contribution in [-0.2, 0) is 11.2 Å². The fourth-order valence-corrected chi connectivity index (χ4v) is 2.10. The minimum atomic E-state index is -0.383. The highest BCUT2D eigenvalue weighted by Crippen LogP contribution is 2.26. The maximum atomic E-state index is 11.9. The molecule has 20 heavy (non-hydrogen) atoms. The minimum Gasteiger partial charge on any atom is -0.493 e. The van der Waals surface area contributed by atoms with Gasteiger partial charge in [0.2, 0.25) is 5.91 Å². The van der Waals surface area contributed by atoms with E-state index < -0.39 is 0 Å². The van der Waals surface area contributed by atoms with E-state index in [0.29, 0.717) is 13.0 Å². The van der Waals surface area contributed by atoms with E-state index in [0.717, 1.165) is 24.3 Å². The molecule has 0 fully saturated rings. The van der Waals surface area contributed by atoms with Gasteiger partial charge in [-0.2, -0.15) is 0 Å². The second kappa shape index (κ2) is 6.57. The molecule has 1 unspecified atom stereocenters. The van der Waals surface area contributed by atoms with E-state index in [2.05, 4.69) is 6.07 Å². The zero-order chi connectivity index (χ0) is 14.5. The van der Waals surface area contributed by atoms with E-state index >= 15 is 0 Å². The van der Waals surface area contributed by atoms with Gasteiger partial charge in [-0.1, -0.05) is 6.07 Å². The first kappa shape index (κ1) is 14.6. The van der Waals surface area contributed by atoms with Crippen LogP contribution in [0.5, 0.6) is 5.75 Å². The van der Waals surface area contributed by atoms with Gasteiger partial charge in [-0.05, 0) is 42.7 Å². The smallest absolute Gasteiger partial charge is 0.246 e. The second-order valence-electron chi connectivity index (χ2n) is 5.20. The Bertz CT molecular complexity index is 508. The Hall–Kier alpha value is -1.81. The zero-order valence-electron chi connectivity index (χ0n) is 12.0. The maximum absolute atomic E-state index is 11.9. The molecule has 0 aliphatic carbocycles. The molecule has 4 heteroatoms. The molecule has 1 atom stereocenters. The first-order valence-electron chi connectivity index (χ1n) is 6.93. The maximum Gasteiger partial charge on any atom is 0.246 e. The summed E-state index contributed by atoms with van der Waals surface area (Å²) in [6.07, 6.45) is 4.52. The molecule has 0 bridgehead atoms. The first-order chi connectivity index (χ1) is 9.56. The molecule has 1 aromatic carbocycles. The number of rotatable bonds is 5. The molecular weight excluding hydrogens is 254 g/mol. The minimum absolute atomic E-state index is 0.0533. The van der Waals surface area contributed by atoms with Gasteiger partial charge in [0.1, 0.15) is 5.75 Å². The van der Waals surface area contributed by atoms with Crippen molar-refractivity contribution in [1.82, 2.24) is 4.90 Å². The molecule has 1 aliphatic heterocycles. The summed E-state index contributed by atoms with van der Waals surface area (Å²) in [7, 11) is 1.74. The van der Waals surface area contributed by atoms with Crippen molar-refractivity contribution < 1.29 is 14.6 Å². The van der Waals surface area contributed by atoms with E-state index in [-0.39, 0.29) is 12.0 Å². The average molecular weight is 275 g/mol. The van der Waals surface area contributed by atoms with Crippen LogP contribution in [0.25, 0.3) is 6.08 Å². The lowest BCUT2D eigenvalue weighted by molar-refractivity contribution is -0.124. The Kier molecular flexibility index (Phi) is 4.79. The Labute approximate surface area is 119 Å². The normalized spacial score (nSPS) is 14.9. The molecule has 1 heterocycles. The number of benzene rings is 1. The van der Waals surface area contributed by atoms with Crippen molar-refractivity contribution in [2.24, 2.45) is 0 Å². The van der Waals surface area contributed by atoms with Crippen LogP contribution in [0.2, 0.25) is 0 Å². The Morgan fingerprint density at radius 2 is 2.35 bits per heavy atom. The van der Waals surface area contributed by atoms with Gasteiger partial charge < -0.3 is 14.7 Å². The van der Waals surface area contributed by atoms with Gasteiger partial charge in [-0.3, -0.25) is 4.79 Å². The third kappa shape index (κ3) is 3.84. The molecule has 0 saturated heterocycles. The summed E-state index contributed by atoms with van der Waals surface area (Å²) in [5, 5.41) is 9.21. The number of carbonyl (C=O) groups excluding carboxylic acids is 1. The first-order valence-corrected chi connectivity index (χ1v) is 6.93. The van der Waals surface area contributed by atoms with Crippen molar-refractivity contribution in [3.05, 3.63) is 35.4 Å². The van der Waals surface area contributed by atoms with Crippen molar-refractivity contribution in [2.45, 2.75) is 25.9 Å². The average Bonchev–Trinajstić information content (AvgIpc) is 2.89. The van der Waals surface area contributed by atoms with E-state index in [4.69, 9.17) is 4.74 Å². The molecule has 4 nitrogen and oxygen atoms in total. The summed E-state index contributed by atoms with van der Waals surface area (Å²) in [5.74, 6) is 0.893. The predicted octanol–water partition coefficient (Wildman–Crippen LogP) is 1.86. The lowest BCUT2D eigenvalue weighted by Gasteiger charge is -2.15. The van der Waals surface area contributed by atoms with Gasteiger partial charge in [-0.25, -0.2) is 0 Å². The van der Waals surface area contributed by atoms with Gasteiger partial charge in [0.15, 0.2) is 0 Å². The van der Waals surface area contributed by atoms with Crippen LogP contribution < -0.4 is 4.74 Å². The number of fused-ring (bicyclic) bond motifs is 1. The Morgan fingerprint density at radius 1 is 1.55 bits per heavy atom. The summed E-state index contributed by atoms with van der Waals surface area (Å²) < 4.78 is 5.45. The van der Waals surface area contributed by atoms with E-state index in [9.17, 15) is 9.90 Å². The fourth-order valence-electron chi connectivity index (χ4n) is 2.10. The third-order valence-corrected chi connectivity index (χ3v) is 3.39. The largest absolute Gasteiger partial charge is 0.493 e. The summed E-state index contributed by atoms with van der Waals surface area (Å²) in [4.78, 5) is 13.5. The van der Waals surface area contributed by atoms with Gasteiger partial charge in [0.05, 0.1) is 12.7 Å². The van der Waals surface area contributed by atoms with Crippen LogP contribution >= 0.6 is 0 Å². The van der Waals surface area contributed by atoms with Gasteiger partial charge in [0, 0.05) is 26.1 Å². The van der Waals surface area contributed by atoms with Crippen molar-refractivity contribution in [3.8, 4) is 5.75 Å². The summed E-state index contributed by atoms with van der Waals surface area (Å²) >= 11 is 0. The van der Waals surface area contributed by atoms with E-state index in [1.54, 1.807) is 24.9 Å². The molecule has 2 rings (SSSR count). The second-order valence-corrected chi connectivity index (χ2v) is 5.20. The number of carbonyl (C=O) groups is 1. The predicted molar refractivity (Wildman–Crippen MR) is 78.6 cm³/mol. The van der Waals surface area contributed by atoms with E-state index in [1.807, 2.05) is 18.2 Å². The highest BCUT2D eigenvalue weighted by Gasteiger charge is 2.11. The van der Waals surface area contributed by atoms with Crippen molar-refractivity contribution in [1.29, 1.82) is 0 Å². The monoisotopic (exact) mass is 275 g/mol. The number of amides is 1. The zero-order valence-corrected chi connectivity index (χ0v) is 12.0. The van der Waals surface area contributed by atoms with Crippen LogP contribution in [0.15, 0.2) is 24.3 Å². The number of aliphatic hydroxyl groups is 1. The Balaban J connectivity index is 1.93. The molecule has 1 N–H and O–H groups in total. The van der Waals surface area contributed by atoms with Gasteiger partial charge in [-0.15, -0.1) is 0 Å². The molecule has 0 spiro atoms. The van der Waals surface area contributed by atoms with Crippen LogP contribution in [-0.4, -0.2) is 42.2 Å². The lowest BCUT2D eigenvalue weighted by atomic mass is 10.1. The number of ether oxygens (including phenoxy) is 1. The molecule has 1 aliphatic rings. The number of likely N-dealkylation sites (N-methyl/N-ethyl adjacent to an activating group) is 1. The van der Waals surface area contributed by atoms with Crippen molar-refractivity contribution >= 4 is 12.0 Å². The summed E-state index contributed by atoms with van der Waals surface area (Å²) in [6, 6.07) is 5.95. The lowest BCUT2D eigenvalue weighted by Crippen LogP contribution is -2.27.